The molecule has 1 aliphatic heterocycles. The van der Waals surface area contributed by atoms with Gasteiger partial charge in [-0.25, -0.2) is 9.80 Å². The van der Waals surface area contributed by atoms with Crippen molar-refractivity contribution < 1.29 is 27.5 Å². The molecule has 1 unspecified atom stereocenters. The van der Waals surface area contributed by atoms with Crippen molar-refractivity contribution in [2.24, 2.45) is 10.5 Å². The summed E-state index contributed by atoms with van der Waals surface area (Å²) in [6.07, 6.45) is -4.43. The van der Waals surface area contributed by atoms with Crippen LogP contribution in [0.25, 0.3) is 0 Å². The fourth-order valence-electron chi connectivity index (χ4n) is 3.50. The summed E-state index contributed by atoms with van der Waals surface area (Å²) in [5.41, 5.74) is -1.56. The smallest absolute Gasteiger partial charge is 0.417 e. The number of halogens is 5. The van der Waals surface area contributed by atoms with Crippen molar-refractivity contribution in [2.45, 2.75) is 26.4 Å². The second kappa shape index (κ2) is 9.72. The Bertz CT molecular complexity index is 1090. The molecule has 1 heterocycles. The van der Waals surface area contributed by atoms with E-state index in [0.717, 1.165) is 21.6 Å². The van der Waals surface area contributed by atoms with Crippen LogP contribution >= 0.6 is 27.5 Å². The van der Waals surface area contributed by atoms with E-state index in [9.17, 15) is 22.8 Å². The standard InChI is InChI=1S/C22H20BrClF3N3O3/c1-3-21(19(31)33-4-2)12-30(20(32)28-15-8-6-14(23)7-9-15)29-18(21)13-5-10-16(17(24)11-13)22(25,26)27/h5-11H,3-4,12H2,1-2H3,(H,28,32). The third kappa shape index (κ3) is 5.16. The van der Waals surface area contributed by atoms with E-state index in [2.05, 4.69) is 26.3 Å². The van der Waals surface area contributed by atoms with Gasteiger partial charge in [-0.15, -0.1) is 0 Å². The molecule has 0 spiro atoms. The molecule has 0 bridgehead atoms. The van der Waals surface area contributed by atoms with Crippen LogP contribution < -0.4 is 5.32 Å². The number of hydrogen-bond donors (Lipinski definition) is 1. The first-order valence-electron chi connectivity index (χ1n) is 9.99. The number of nitrogens with zero attached hydrogens (tertiary/aromatic N) is 2. The minimum atomic E-state index is -4.63. The topological polar surface area (TPSA) is 71.0 Å². The maximum atomic E-state index is 13.2. The van der Waals surface area contributed by atoms with E-state index in [1.54, 1.807) is 38.1 Å². The van der Waals surface area contributed by atoms with Crippen LogP contribution in [-0.2, 0) is 15.7 Å². The van der Waals surface area contributed by atoms with E-state index < -0.39 is 34.2 Å². The summed E-state index contributed by atoms with van der Waals surface area (Å²) in [5.74, 6) is -0.624. The quantitative estimate of drug-likeness (QED) is 0.445. The number of benzene rings is 2. The molecule has 2 amide bonds. The number of amides is 2. The van der Waals surface area contributed by atoms with E-state index in [1.165, 1.54) is 6.07 Å². The van der Waals surface area contributed by atoms with Gasteiger partial charge in [0.25, 0.3) is 0 Å². The molecule has 176 valence electrons. The number of rotatable bonds is 5. The summed E-state index contributed by atoms with van der Waals surface area (Å²) < 4.78 is 45.5. The van der Waals surface area contributed by atoms with Crippen molar-refractivity contribution in [3.05, 3.63) is 63.1 Å². The Kier molecular flexibility index (Phi) is 7.38. The second-order valence-electron chi connectivity index (χ2n) is 7.29. The fourth-order valence-corrected chi connectivity index (χ4v) is 4.05. The molecule has 2 aromatic rings. The summed E-state index contributed by atoms with van der Waals surface area (Å²) in [7, 11) is 0. The van der Waals surface area contributed by atoms with Crippen molar-refractivity contribution in [1.82, 2.24) is 5.01 Å². The minimum absolute atomic E-state index is 0.0900. The molecule has 3 rings (SSSR count). The van der Waals surface area contributed by atoms with Gasteiger partial charge in [-0.1, -0.05) is 40.5 Å². The largest absolute Gasteiger partial charge is 0.465 e. The number of nitrogens with one attached hydrogen (secondary N) is 1. The number of carbonyl (C=O) groups excluding carboxylic acids is 2. The van der Waals surface area contributed by atoms with Gasteiger partial charge in [0.15, 0.2) is 0 Å². The van der Waals surface area contributed by atoms with Crippen LogP contribution in [0.3, 0.4) is 0 Å². The maximum Gasteiger partial charge on any atom is 0.417 e. The normalized spacial score (nSPS) is 18.2. The number of esters is 1. The van der Waals surface area contributed by atoms with E-state index in [0.29, 0.717) is 5.69 Å². The number of carbonyl (C=O) groups is 2. The number of hydrazone groups is 1. The van der Waals surface area contributed by atoms with E-state index in [-0.39, 0.29) is 30.8 Å². The van der Waals surface area contributed by atoms with E-state index in [4.69, 9.17) is 16.3 Å². The van der Waals surface area contributed by atoms with Crippen LogP contribution in [0.5, 0.6) is 0 Å². The number of anilines is 1. The SMILES string of the molecule is CCOC(=O)C1(CC)CN(C(=O)Nc2ccc(Br)cc2)N=C1c1ccc(C(F)(F)F)c(Cl)c1. The van der Waals surface area contributed by atoms with Crippen LogP contribution in [-0.4, -0.2) is 35.9 Å². The van der Waals surface area contributed by atoms with Crippen LogP contribution in [0.1, 0.15) is 31.4 Å². The van der Waals surface area contributed by atoms with Crippen LogP contribution in [0.15, 0.2) is 52.0 Å². The molecule has 0 fully saturated rings. The predicted octanol–water partition coefficient (Wildman–Crippen LogP) is 6.33. The monoisotopic (exact) mass is 545 g/mol. The molecule has 33 heavy (non-hydrogen) atoms. The van der Waals surface area contributed by atoms with E-state index in [1.807, 2.05) is 0 Å². The Morgan fingerprint density at radius 2 is 1.88 bits per heavy atom. The third-order valence-corrected chi connectivity index (χ3v) is 6.08. The second-order valence-corrected chi connectivity index (χ2v) is 8.61. The molecule has 0 aromatic heterocycles. The van der Waals surface area contributed by atoms with Gasteiger partial charge in [0.05, 0.1) is 29.4 Å². The maximum absolute atomic E-state index is 13.2. The first-order chi connectivity index (χ1) is 15.5. The Labute approximate surface area is 201 Å². The average Bonchev–Trinajstić information content (AvgIpc) is 3.16. The van der Waals surface area contributed by atoms with Gasteiger partial charge in [0.1, 0.15) is 5.41 Å². The third-order valence-electron chi connectivity index (χ3n) is 5.24. The number of urea groups is 1. The lowest BCUT2D eigenvalue weighted by atomic mass is 9.77. The van der Waals surface area contributed by atoms with Crippen LogP contribution in [0, 0.1) is 5.41 Å². The lowest BCUT2D eigenvalue weighted by molar-refractivity contribution is -0.151. The molecular weight excluding hydrogens is 527 g/mol. The molecule has 0 aliphatic carbocycles. The van der Waals surface area contributed by atoms with Gasteiger partial charge in [0, 0.05) is 15.7 Å². The molecular formula is C22H20BrClF3N3O3. The average molecular weight is 547 g/mol. The Morgan fingerprint density at radius 1 is 1.21 bits per heavy atom. The summed E-state index contributed by atoms with van der Waals surface area (Å²) in [4.78, 5) is 25.9. The first kappa shape index (κ1) is 25.0. The number of alkyl halides is 3. The molecule has 1 N–H and O–H groups in total. The summed E-state index contributed by atoms with van der Waals surface area (Å²) in [6, 6.07) is 9.36. The fraction of sp³-hybridized carbons (Fsp3) is 0.318. The molecule has 0 radical (unpaired) electrons. The molecule has 6 nitrogen and oxygen atoms in total. The van der Waals surface area contributed by atoms with Gasteiger partial charge < -0.3 is 10.1 Å². The Balaban J connectivity index is 2.02. The van der Waals surface area contributed by atoms with Gasteiger partial charge in [0.2, 0.25) is 0 Å². The zero-order chi connectivity index (χ0) is 24.4. The van der Waals surface area contributed by atoms with Crippen LogP contribution in [0.2, 0.25) is 5.02 Å². The Morgan fingerprint density at radius 3 is 2.42 bits per heavy atom. The van der Waals surface area contributed by atoms with Crippen molar-refractivity contribution in [3.8, 4) is 0 Å². The number of hydrogen-bond acceptors (Lipinski definition) is 4. The number of ether oxygens (including phenoxy) is 1. The zero-order valence-corrected chi connectivity index (χ0v) is 20.0. The molecule has 0 saturated heterocycles. The zero-order valence-electron chi connectivity index (χ0n) is 17.7. The van der Waals surface area contributed by atoms with Crippen LogP contribution in [0.4, 0.5) is 23.7 Å². The van der Waals surface area contributed by atoms with Gasteiger partial charge in [-0.05, 0) is 49.7 Å². The Hall–Kier alpha value is -2.59. The predicted molar refractivity (Wildman–Crippen MR) is 122 cm³/mol. The summed E-state index contributed by atoms with van der Waals surface area (Å²) in [6.45, 7) is 3.31. The highest BCUT2D eigenvalue weighted by atomic mass is 79.9. The molecule has 1 aliphatic rings. The molecule has 11 heteroatoms. The van der Waals surface area contributed by atoms with Crippen molar-refractivity contribution >= 4 is 50.9 Å². The summed E-state index contributed by atoms with van der Waals surface area (Å²) in [5, 5.41) is 7.55. The lowest BCUT2D eigenvalue weighted by Gasteiger charge is -2.27. The van der Waals surface area contributed by atoms with E-state index >= 15 is 0 Å². The summed E-state index contributed by atoms with van der Waals surface area (Å²) >= 11 is 9.21. The highest BCUT2D eigenvalue weighted by molar-refractivity contribution is 9.10. The van der Waals surface area contributed by atoms with Gasteiger partial charge >= 0.3 is 18.2 Å². The van der Waals surface area contributed by atoms with Crippen molar-refractivity contribution in [1.29, 1.82) is 0 Å². The van der Waals surface area contributed by atoms with Gasteiger partial charge in [-0.2, -0.15) is 18.3 Å². The lowest BCUT2D eigenvalue weighted by Crippen LogP contribution is -2.44. The highest BCUT2D eigenvalue weighted by Crippen LogP contribution is 2.40. The minimum Gasteiger partial charge on any atom is -0.465 e. The van der Waals surface area contributed by atoms with Crippen molar-refractivity contribution in [2.75, 3.05) is 18.5 Å². The molecule has 2 aromatic carbocycles. The molecule has 1 atom stereocenters. The molecule has 0 saturated carbocycles. The highest BCUT2D eigenvalue weighted by Gasteiger charge is 2.51. The van der Waals surface area contributed by atoms with Crippen molar-refractivity contribution in [3.63, 3.8) is 0 Å². The van der Waals surface area contributed by atoms with Gasteiger partial charge in [-0.3, -0.25) is 4.79 Å². The first-order valence-corrected chi connectivity index (χ1v) is 11.2.